The molecule has 1 unspecified atom stereocenters. The van der Waals surface area contributed by atoms with Crippen molar-refractivity contribution >= 4 is 6.08 Å². The van der Waals surface area contributed by atoms with Crippen LogP contribution in [0.5, 0.6) is 0 Å². The maximum atomic E-state index is 13.2. The minimum Gasteiger partial charge on any atom is -0.396 e. The van der Waals surface area contributed by atoms with Crippen molar-refractivity contribution < 1.29 is 18.3 Å². The van der Waals surface area contributed by atoms with Crippen LogP contribution in [0.15, 0.2) is 11.8 Å². The molecule has 0 spiro atoms. The number of nitrogens with zero attached hydrogens (tertiary/aromatic N) is 2. The highest BCUT2D eigenvalue weighted by molar-refractivity contribution is 5.54. The van der Waals surface area contributed by atoms with Crippen LogP contribution in [0, 0.1) is 18.3 Å². The number of alkyl halides is 3. The summed E-state index contributed by atoms with van der Waals surface area (Å²) in [6.07, 6.45) is 4.14. The summed E-state index contributed by atoms with van der Waals surface area (Å²) in [5.41, 5.74) is 0.759. The van der Waals surface area contributed by atoms with Gasteiger partial charge in [-0.15, -0.1) is 0 Å². The van der Waals surface area contributed by atoms with Crippen molar-refractivity contribution in [2.75, 3.05) is 6.61 Å². The first kappa shape index (κ1) is 20.9. The Bertz CT molecular complexity index is 636. The summed E-state index contributed by atoms with van der Waals surface area (Å²) >= 11 is 0. The summed E-state index contributed by atoms with van der Waals surface area (Å²) in [5, 5.41) is 8.90. The Morgan fingerprint density at radius 3 is 2.54 bits per heavy atom. The predicted molar refractivity (Wildman–Crippen MR) is 96.6 cm³/mol. The van der Waals surface area contributed by atoms with Crippen molar-refractivity contribution in [3.63, 3.8) is 0 Å². The third-order valence-electron chi connectivity index (χ3n) is 5.44. The monoisotopic (exact) mass is 370 g/mol. The van der Waals surface area contributed by atoms with E-state index >= 15 is 0 Å². The van der Waals surface area contributed by atoms with Gasteiger partial charge in [0.25, 0.3) is 0 Å². The van der Waals surface area contributed by atoms with Crippen LogP contribution in [0.25, 0.3) is 6.08 Å². The van der Waals surface area contributed by atoms with E-state index in [-0.39, 0.29) is 19.4 Å². The van der Waals surface area contributed by atoms with Crippen LogP contribution in [0.3, 0.4) is 0 Å². The smallest absolute Gasteiger partial charge is 0.396 e. The lowest BCUT2D eigenvalue weighted by Gasteiger charge is -2.20. The summed E-state index contributed by atoms with van der Waals surface area (Å²) in [5.74, 6) is 0.520. The second-order valence-electron chi connectivity index (χ2n) is 7.60. The molecule has 1 atom stereocenters. The Balaban J connectivity index is 1.94. The number of aromatic nitrogens is 2. The third-order valence-corrected chi connectivity index (χ3v) is 5.44. The van der Waals surface area contributed by atoms with Crippen molar-refractivity contribution in [2.45, 2.75) is 71.9 Å². The van der Waals surface area contributed by atoms with Gasteiger partial charge in [-0.25, -0.2) is 0 Å². The second-order valence-corrected chi connectivity index (χ2v) is 7.60. The molecule has 1 saturated carbocycles. The molecule has 1 aliphatic carbocycles. The molecule has 0 saturated heterocycles. The highest BCUT2D eigenvalue weighted by Gasteiger charge is 2.64. The molecule has 2 rings (SSSR count). The van der Waals surface area contributed by atoms with E-state index in [0.717, 1.165) is 37.8 Å². The quantitative estimate of drug-likeness (QED) is 0.603. The minimum atomic E-state index is -4.19. The number of hydrogen-bond donors (Lipinski definition) is 1. The molecule has 26 heavy (non-hydrogen) atoms. The van der Waals surface area contributed by atoms with E-state index in [2.05, 4.69) is 16.9 Å². The van der Waals surface area contributed by atoms with Crippen LogP contribution in [-0.2, 0) is 6.42 Å². The lowest BCUT2D eigenvalue weighted by Crippen LogP contribution is -2.25. The van der Waals surface area contributed by atoms with Crippen LogP contribution in [0.4, 0.5) is 13.2 Å². The molecule has 0 radical (unpaired) electrons. The number of halogens is 3. The topological polar surface area (TPSA) is 46.0 Å². The lowest BCUT2D eigenvalue weighted by molar-refractivity contribution is -0.174. The molecule has 0 aromatic carbocycles. The molecule has 6 heteroatoms. The fourth-order valence-electron chi connectivity index (χ4n) is 3.33. The Kier molecular flexibility index (Phi) is 6.83. The molecule has 0 bridgehead atoms. The second kappa shape index (κ2) is 8.51. The number of hydrogen-bond acceptors (Lipinski definition) is 3. The molecule has 146 valence electrons. The summed E-state index contributed by atoms with van der Waals surface area (Å²) in [4.78, 5) is 8.86. The standard InChI is InChI=1S/C20H29F3N2O/c1-14(8-11-26)6-4-5-7-17-13-24-18(16(3)25-17)12-15(2)19(9-10-19)20(21,22)23/h12-14,26H,4-11H2,1-3H3/b15-12+. The van der Waals surface area contributed by atoms with Gasteiger partial charge in [-0.05, 0) is 57.9 Å². The van der Waals surface area contributed by atoms with Crippen molar-refractivity contribution in [3.05, 3.63) is 28.9 Å². The Morgan fingerprint density at radius 1 is 1.31 bits per heavy atom. The van der Waals surface area contributed by atoms with Crippen LogP contribution in [0.1, 0.15) is 69.5 Å². The SMILES string of the molecule is C/C(=C\c1ncc(CCCCC(C)CCO)nc1C)C1(C(F)(F)F)CC1. The van der Waals surface area contributed by atoms with Crippen LogP contribution in [0.2, 0.25) is 0 Å². The van der Waals surface area contributed by atoms with E-state index in [1.54, 1.807) is 26.1 Å². The number of aryl methyl sites for hydroxylation is 2. The highest BCUT2D eigenvalue weighted by Crippen LogP contribution is 2.62. The first-order valence-corrected chi connectivity index (χ1v) is 9.38. The molecule has 0 amide bonds. The fourth-order valence-corrected chi connectivity index (χ4v) is 3.33. The summed E-state index contributed by atoms with van der Waals surface area (Å²) in [6, 6.07) is 0. The molecular weight excluding hydrogens is 341 g/mol. The van der Waals surface area contributed by atoms with Gasteiger partial charge in [0.05, 0.1) is 22.5 Å². The van der Waals surface area contributed by atoms with Gasteiger partial charge in [0.1, 0.15) is 0 Å². The molecule has 1 fully saturated rings. The average Bonchev–Trinajstić information content (AvgIpc) is 3.36. The molecule has 1 aromatic heterocycles. The largest absolute Gasteiger partial charge is 0.398 e. The molecule has 0 aliphatic heterocycles. The van der Waals surface area contributed by atoms with E-state index in [9.17, 15) is 13.2 Å². The van der Waals surface area contributed by atoms with Crippen molar-refractivity contribution in [1.82, 2.24) is 9.97 Å². The molecule has 3 nitrogen and oxygen atoms in total. The van der Waals surface area contributed by atoms with Gasteiger partial charge >= 0.3 is 6.18 Å². The maximum absolute atomic E-state index is 13.2. The van der Waals surface area contributed by atoms with Crippen molar-refractivity contribution in [3.8, 4) is 0 Å². The van der Waals surface area contributed by atoms with Crippen molar-refractivity contribution in [2.24, 2.45) is 11.3 Å². The van der Waals surface area contributed by atoms with Crippen LogP contribution in [-0.4, -0.2) is 27.9 Å². The summed E-state index contributed by atoms with van der Waals surface area (Å²) in [7, 11) is 0. The first-order valence-electron chi connectivity index (χ1n) is 9.38. The number of aliphatic hydroxyl groups is 1. The van der Waals surface area contributed by atoms with E-state index in [0.29, 0.717) is 22.9 Å². The van der Waals surface area contributed by atoms with Gasteiger partial charge in [-0.1, -0.05) is 25.3 Å². The minimum absolute atomic E-state index is 0.165. The summed E-state index contributed by atoms with van der Waals surface area (Å²) < 4.78 is 39.6. The summed E-state index contributed by atoms with van der Waals surface area (Å²) in [6.45, 7) is 5.71. The fraction of sp³-hybridized carbons (Fsp3) is 0.700. The van der Waals surface area contributed by atoms with E-state index in [1.165, 1.54) is 0 Å². The van der Waals surface area contributed by atoms with Crippen LogP contribution >= 0.6 is 0 Å². The van der Waals surface area contributed by atoms with Gasteiger partial charge in [-0.2, -0.15) is 13.2 Å². The number of allylic oxidation sites excluding steroid dienone is 1. The van der Waals surface area contributed by atoms with Gasteiger partial charge in [0.15, 0.2) is 0 Å². The zero-order valence-corrected chi connectivity index (χ0v) is 15.9. The maximum Gasteiger partial charge on any atom is 0.398 e. The van der Waals surface area contributed by atoms with Crippen molar-refractivity contribution in [1.29, 1.82) is 0 Å². The average molecular weight is 370 g/mol. The van der Waals surface area contributed by atoms with E-state index in [1.807, 2.05) is 0 Å². The van der Waals surface area contributed by atoms with E-state index in [4.69, 9.17) is 5.11 Å². The normalized spacial score (nSPS) is 18.0. The Hall–Kier alpha value is -1.43. The third kappa shape index (κ3) is 5.06. The van der Waals surface area contributed by atoms with Gasteiger partial charge in [-0.3, -0.25) is 9.97 Å². The number of rotatable bonds is 9. The highest BCUT2D eigenvalue weighted by atomic mass is 19.4. The molecule has 1 N–H and O–H groups in total. The molecule has 1 aliphatic rings. The Labute approximate surface area is 153 Å². The molecular formula is C20H29F3N2O. The zero-order valence-electron chi connectivity index (χ0n) is 15.9. The predicted octanol–water partition coefficient (Wildman–Crippen LogP) is 5.26. The lowest BCUT2D eigenvalue weighted by atomic mass is 9.95. The van der Waals surface area contributed by atoms with Gasteiger partial charge < -0.3 is 5.11 Å². The first-order chi connectivity index (χ1) is 12.2. The van der Waals surface area contributed by atoms with Gasteiger partial charge in [0.2, 0.25) is 0 Å². The van der Waals surface area contributed by atoms with Gasteiger partial charge in [0, 0.05) is 12.8 Å². The Morgan fingerprint density at radius 2 is 2.00 bits per heavy atom. The number of aliphatic hydroxyl groups excluding tert-OH is 1. The zero-order chi connectivity index (χ0) is 19.4. The van der Waals surface area contributed by atoms with E-state index < -0.39 is 11.6 Å². The molecule has 1 aromatic rings. The van der Waals surface area contributed by atoms with Crippen LogP contribution < -0.4 is 0 Å². The molecule has 1 heterocycles. The number of unbranched alkanes of at least 4 members (excludes halogenated alkanes) is 1.